The predicted octanol–water partition coefficient (Wildman–Crippen LogP) is 2.12. The summed E-state index contributed by atoms with van der Waals surface area (Å²) in [5.41, 5.74) is 0. The Morgan fingerprint density at radius 1 is 0.941 bits per heavy atom. The van der Waals surface area contributed by atoms with Crippen molar-refractivity contribution in [2.75, 3.05) is 6.61 Å². The minimum atomic E-state index is -1.12. The maximum absolute atomic E-state index is 12.1. The van der Waals surface area contributed by atoms with Gasteiger partial charge in [0.05, 0.1) is 6.10 Å². The van der Waals surface area contributed by atoms with E-state index in [1.165, 1.54) is 27.7 Å². The van der Waals surface area contributed by atoms with Crippen molar-refractivity contribution in [1.82, 2.24) is 5.32 Å². The van der Waals surface area contributed by atoms with Crippen molar-refractivity contribution in [2.45, 2.75) is 104 Å². The van der Waals surface area contributed by atoms with Crippen LogP contribution < -0.4 is 5.32 Å². The van der Waals surface area contributed by atoms with Gasteiger partial charge in [0, 0.05) is 27.7 Å². The first kappa shape index (κ1) is 28.0. The minimum Gasteiger partial charge on any atom is -0.463 e. The summed E-state index contributed by atoms with van der Waals surface area (Å²) in [7, 11) is 0. The third-order valence-corrected chi connectivity index (χ3v) is 6.34. The largest absolute Gasteiger partial charge is 0.463 e. The van der Waals surface area contributed by atoms with Crippen molar-refractivity contribution in [3.63, 3.8) is 0 Å². The fourth-order valence-corrected chi connectivity index (χ4v) is 4.85. The van der Waals surface area contributed by atoms with Gasteiger partial charge in [-0.05, 0) is 30.6 Å². The van der Waals surface area contributed by atoms with Gasteiger partial charge in [-0.15, -0.1) is 0 Å². The maximum atomic E-state index is 12.1. The van der Waals surface area contributed by atoms with Crippen molar-refractivity contribution >= 4 is 23.8 Å². The van der Waals surface area contributed by atoms with Crippen LogP contribution in [0.15, 0.2) is 0 Å². The fraction of sp³-hybridized carbons (Fsp3) is 0.833. The summed E-state index contributed by atoms with van der Waals surface area (Å²) in [5.74, 6) is -1.10. The first-order valence-corrected chi connectivity index (χ1v) is 11.9. The van der Waals surface area contributed by atoms with Crippen LogP contribution >= 0.6 is 0 Å². The van der Waals surface area contributed by atoms with Crippen molar-refractivity contribution in [1.29, 1.82) is 0 Å². The smallest absolute Gasteiger partial charge is 0.303 e. The molecule has 1 aliphatic carbocycles. The molecule has 194 valence electrons. The highest BCUT2D eigenvalue weighted by molar-refractivity contribution is 5.73. The van der Waals surface area contributed by atoms with Crippen LogP contribution in [0.2, 0.25) is 0 Å². The summed E-state index contributed by atoms with van der Waals surface area (Å²) < 4.78 is 28.8. The molecule has 2 rings (SSSR count). The summed E-state index contributed by atoms with van der Waals surface area (Å²) in [5, 5.41) is 2.76. The number of carbonyl (C=O) groups is 4. The molecule has 2 fully saturated rings. The average molecular weight is 486 g/mol. The van der Waals surface area contributed by atoms with E-state index < -0.39 is 54.5 Å². The van der Waals surface area contributed by atoms with Crippen molar-refractivity contribution in [3.8, 4) is 0 Å². The molecule has 1 aliphatic heterocycles. The molecule has 1 N–H and O–H groups in total. The summed E-state index contributed by atoms with van der Waals surface area (Å²) in [6.07, 6.45) is -1.45. The average Bonchev–Trinajstić information content (AvgIpc) is 2.69. The van der Waals surface area contributed by atoms with E-state index in [-0.39, 0.29) is 18.6 Å². The minimum absolute atomic E-state index is 0.150. The number of amides is 1. The second-order valence-corrected chi connectivity index (χ2v) is 9.72. The quantitative estimate of drug-likeness (QED) is 0.406. The molecule has 10 heteroatoms. The molecular formula is C24H39NO9. The van der Waals surface area contributed by atoms with E-state index in [2.05, 4.69) is 26.1 Å². The van der Waals surface area contributed by atoms with Crippen LogP contribution in [0.1, 0.15) is 67.7 Å². The Balaban J connectivity index is 2.43. The van der Waals surface area contributed by atoms with Crippen molar-refractivity contribution in [3.05, 3.63) is 0 Å². The number of esters is 3. The van der Waals surface area contributed by atoms with Crippen LogP contribution in [0, 0.1) is 17.8 Å². The lowest BCUT2D eigenvalue weighted by molar-refractivity contribution is -0.295. The SMILES string of the molecule is CC(=O)NC1C(OC2CC(C)CCC2C(C)C)OC(COC(C)=O)C(OC(C)=O)C1OC(C)=O. The Kier molecular flexibility index (Phi) is 10.3. The highest BCUT2D eigenvalue weighted by atomic mass is 16.7. The fourth-order valence-electron chi connectivity index (χ4n) is 4.85. The highest BCUT2D eigenvalue weighted by Crippen LogP contribution is 2.38. The van der Waals surface area contributed by atoms with E-state index in [1.54, 1.807) is 0 Å². The first-order valence-electron chi connectivity index (χ1n) is 11.9. The van der Waals surface area contributed by atoms with Gasteiger partial charge in [-0.25, -0.2) is 0 Å². The van der Waals surface area contributed by atoms with Gasteiger partial charge in [-0.3, -0.25) is 19.2 Å². The molecule has 34 heavy (non-hydrogen) atoms. The first-order chi connectivity index (χ1) is 15.9. The number of hydrogen-bond acceptors (Lipinski definition) is 9. The van der Waals surface area contributed by atoms with Crippen molar-refractivity contribution < 1.29 is 42.9 Å². The van der Waals surface area contributed by atoms with Gasteiger partial charge in [-0.1, -0.05) is 27.2 Å². The lowest BCUT2D eigenvalue weighted by atomic mass is 9.75. The molecule has 8 unspecified atom stereocenters. The molecule has 0 bridgehead atoms. The Labute approximate surface area is 201 Å². The van der Waals surface area contributed by atoms with Gasteiger partial charge in [0.25, 0.3) is 0 Å². The van der Waals surface area contributed by atoms with Gasteiger partial charge >= 0.3 is 17.9 Å². The Morgan fingerprint density at radius 2 is 1.56 bits per heavy atom. The molecule has 8 atom stereocenters. The molecule has 0 aromatic rings. The van der Waals surface area contributed by atoms with Crippen LogP contribution in [0.25, 0.3) is 0 Å². The van der Waals surface area contributed by atoms with Gasteiger partial charge in [0.15, 0.2) is 18.5 Å². The van der Waals surface area contributed by atoms with Crippen LogP contribution in [-0.4, -0.2) is 67.2 Å². The van der Waals surface area contributed by atoms with Crippen LogP contribution in [0.3, 0.4) is 0 Å². The summed E-state index contributed by atoms with van der Waals surface area (Å²) >= 11 is 0. The zero-order valence-electron chi connectivity index (χ0n) is 21.2. The lowest BCUT2D eigenvalue weighted by Crippen LogP contribution is -2.67. The van der Waals surface area contributed by atoms with Crippen LogP contribution in [0.4, 0.5) is 0 Å². The zero-order valence-corrected chi connectivity index (χ0v) is 21.2. The number of carbonyl (C=O) groups excluding carboxylic acids is 4. The second-order valence-electron chi connectivity index (χ2n) is 9.72. The van der Waals surface area contributed by atoms with E-state index in [1.807, 2.05) is 0 Å². The predicted molar refractivity (Wildman–Crippen MR) is 120 cm³/mol. The number of nitrogens with one attached hydrogen (secondary N) is 1. The van der Waals surface area contributed by atoms with E-state index in [9.17, 15) is 19.2 Å². The van der Waals surface area contributed by atoms with E-state index >= 15 is 0 Å². The molecule has 2 aliphatic rings. The van der Waals surface area contributed by atoms with Gasteiger partial charge in [0.1, 0.15) is 18.8 Å². The van der Waals surface area contributed by atoms with E-state index in [0.717, 1.165) is 19.3 Å². The Bertz CT molecular complexity index is 740. The standard InChI is InChI=1S/C24H39NO9/c1-12(2)18-9-8-13(3)10-19(18)33-24-21(25-14(4)26)23(32-17(7)29)22(31-16(6)28)20(34-24)11-30-15(5)27/h12-13,18-24H,8-11H2,1-7H3,(H,25,26). The maximum Gasteiger partial charge on any atom is 0.303 e. The molecule has 0 spiro atoms. The molecular weight excluding hydrogens is 446 g/mol. The summed E-state index contributed by atoms with van der Waals surface area (Å²) in [6, 6.07) is -0.940. The van der Waals surface area contributed by atoms with Gasteiger partial charge < -0.3 is 29.0 Å². The summed E-state index contributed by atoms with van der Waals surface area (Å²) in [4.78, 5) is 47.4. The lowest BCUT2D eigenvalue weighted by Gasteiger charge is -2.47. The normalized spacial score (nSPS) is 33.6. The Hall–Kier alpha value is -2.20. The highest BCUT2D eigenvalue weighted by Gasteiger charge is 2.52. The monoisotopic (exact) mass is 485 g/mol. The zero-order chi connectivity index (χ0) is 25.6. The van der Waals surface area contributed by atoms with Crippen LogP contribution in [0.5, 0.6) is 0 Å². The van der Waals surface area contributed by atoms with Gasteiger partial charge in [-0.2, -0.15) is 0 Å². The molecule has 10 nitrogen and oxygen atoms in total. The molecule has 1 saturated heterocycles. The number of rotatable bonds is 8. The number of hydrogen-bond donors (Lipinski definition) is 1. The van der Waals surface area contributed by atoms with Gasteiger partial charge in [0.2, 0.25) is 5.91 Å². The molecule has 0 aromatic heterocycles. The topological polar surface area (TPSA) is 126 Å². The number of ether oxygens (including phenoxy) is 5. The third-order valence-electron chi connectivity index (χ3n) is 6.34. The molecule has 1 saturated carbocycles. The second kappa shape index (κ2) is 12.5. The van der Waals surface area contributed by atoms with Crippen LogP contribution in [-0.2, 0) is 42.9 Å². The molecule has 0 aromatic carbocycles. The third kappa shape index (κ3) is 7.94. The Morgan fingerprint density at radius 3 is 2.09 bits per heavy atom. The van der Waals surface area contributed by atoms with E-state index in [0.29, 0.717) is 11.8 Å². The van der Waals surface area contributed by atoms with Crippen molar-refractivity contribution in [2.24, 2.45) is 17.8 Å². The van der Waals surface area contributed by atoms with E-state index in [4.69, 9.17) is 23.7 Å². The molecule has 0 radical (unpaired) electrons. The summed E-state index contributed by atoms with van der Waals surface area (Å²) in [6.45, 7) is 11.2. The molecule has 1 heterocycles. The molecule has 1 amide bonds.